The molecule has 106 valence electrons. The quantitative estimate of drug-likeness (QED) is 0.899. The van der Waals surface area contributed by atoms with Crippen LogP contribution >= 0.6 is 11.6 Å². The highest BCUT2D eigenvalue weighted by Gasteiger charge is 2.35. The van der Waals surface area contributed by atoms with Gasteiger partial charge in [0.15, 0.2) is 0 Å². The number of benzene rings is 1. The van der Waals surface area contributed by atoms with E-state index in [-0.39, 0.29) is 10.9 Å². The Labute approximate surface area is 113 Å². The zero-order valence-corrected chi connectivity index (χ0v) is 11.1. The summed E-state index contributed by atoms with van der Waals surface area (Å²) in [4.78, 5) is 11.7. The second-order valence-corrected chi connectivity index (χ2v) is 4.83. The normalized spacial score (nSPS) is 13.5. The molecule has 1 amide bonds. The maximum absolute atomic E-state index is 12.8. The fraction of sp³-hybridized carbons (Fsp3) is 0.417. The molecular formula is C12H14ClF3N2O. The predicted octanol–water partition coefficient (Wildman–Crippen LogP) is 3.28. The lowest BCUT2D eigenvalue weighted by Gasteiger charge is -2.19. The van der Waals surface area contributed by atoms with Crippen LogP contribution in [0.25, 0.3) is 0 Å². The molecule has 0 fully saturated rings. The predicted molar refractivity (Wildman–Crippen MR) is 67.9 cm³/mol. The first-order valence-electron chi connectivity index (χ1n) is 5.56. The van der Waals surface area contributed by atoms with Crippen molar-refractivity contribution >= 4 is 23.2 Å². The maximum Gasteiger partial charge on any atom is 0.418 e. The summed E-state index contributed by atoms with van der Waals surface area (Å²) in [7, 11) is 0. The van der Waals surface area contributed by atoms with Gasteiger partial charge in [-0.25, -0.2) is 0 Å². The minimum absolute atomic E-state index is 0.181. The summed E-state index contributed by atoms with van der Waals surface area (Å²) < 4.78 is 38.4. The van der Waals surface area contributed by atoms with Gasteiger partial charge in [0.05, 0.1) is 22.3 Å². The van der Waals surface area contributed by atoms with Crippen LogP contribution in [-0.4, -0.2) is 11.9 Å². The minimum Gasteiger partial charge on any atom is -0.323 e. The monoisotopic (exact) mass is 294 g/mol. The smallest absolute Gasteiger partial charge is 0.323 e. The molecule has 19 heavy (non-hydrogen) atoms. The molecule has 0 saturated carbocycles. The highest BCUT2D eigenvalue weighted by atomic mass is 35.5. The summed E-state index contributed by atoms with van der Waals surface area (Å²) in [5.41, 5.74) is 4.12. The van der Waals surface area contributed by atoms with E-state index in [9.17, 15) is 18.0 Å². The van der Waals surface area contributed by atoms with E-state index in [0.29, 0.717) is 0 Å². The maximum atomic E-state index is 12.8. The van der Waals surface area contributed by atoms with Gasteiger partial charge in [-0.1, -0.05) is 31.5 Å². The standard InChI is InChI=1S/C12H14ClF3N2O/c1-6(2)9(17)11(19)18-10-7(12(14,15)16)4-3-5-8(10)13/h3-6,9H,17H2,1-2H3,(H,18,19)/t9-/m1/s1. The number of amides is 1. The Morgan fingerprint density at radius 1 is 1.37 bits per heavy atom. The second-order valence-electron chi connectivity index (χ2n) is 4.42. The van der Waals surface area contributed by atoms with Crippen molar-refractivity contribution in [3.63, 3.8) is 0 Å². The highest BCUT2D eigenvalue weighted by molar-refractivity contribution is 6.34. The average molecular weight is 295 g/mol. The van der Waals surface area contributed by atoms with E-state index in [2.05, 4.69) is 5.32 Å². The molecule has 0 spiro atoms. The van der Waals surface area contributed by atoms with Crippen molar-refractivity contribution in [2.45, 2.75) is 26.1 Å². The van der Waals surface area contributed by atoms with Crippen LogP contribution in [0.4, 0.5) is 18.9 Å². The van der Waals surface area contributed by atoms with Crippen molar-refractivity contribution in [2.24, 2.45) is 11.7 Å². The van der Waals surface area contributed by atoms with Crippen LogP contribution in [0.5, 0.6) is 0 Å². The molecule has 0 aliphatic carbocycles. The van der Waals surface area contributed by atoms with Crippen LogP contribution in [0, 0.1) is 5.92 Å². The zero-order chi connectivity index (χ0) is 14.8. The van der Waals surface area contributed by atoms with E-state index in [1.54, 1.807) is 13.8 Å². The number of anilines is 1. The molecule has 1 atom stereocenters. The van der Waals surface area contributed by atoms with Crippen molar-refractivity contribution < 1.29 is 18.0 Å². The molecule has 3 nitrogen and oxygen atoms in total. The topological polar surface area (TPSA) is 55.1 Å². The number of nitrogens with two attached hydrogens (primary N) is 1. The molecule has 0 aliphatic rings. The summed E-state index contributed by atoms with van der Waals surface area (Å²) in [5.74, 6) is -0.898. The van der Waals surface area contributed by atoms with E-state index in [4.69, 9.17) is 17.3 Å². The number of halogens is 4. The fourth-order valence-electron chi connectivity index (χ4n) is 1.40. The van der Waals surface area contributed by atoms with Gasteiger partial charge in [0.25, 0.3) is 0 Å². The van der Waals surface area contributed by atoms with Gasteiger partial charge < -0.3 is 11.1 Å². The molecule has 7 heteroatoms. The van der Waals surface area contributed by atoms with Crippen molar-refractivity contribution in [1.82, 2.24) is 0 Å². The number of nitrogens with one attached hydrogen (secondary N) is 1. The van der Waals surface area contributed by atoms with Gasteiger partial charge in [-0.3, -0.25) is 4.79 Å². The number of carbonyl (C=O) groups excluding carboxylic acids is 1. The summed E-state index contributed by atoms with van der Waals surface area (Å²) in [6.45, 7) is 3.39. The number of carbonyl (C=O) groups is 1. The van der Waals surface area contributed by atoms with E-state index in [1.807, 2.05) is 0 Å². The fourth-order valence-corrected chi connectivity index (χ4v) is 1.62. The summed E-state index contributed by atoms with van der Waals surface area (Å²) in [6, 6.07) is 2.39. The molecule has 0 unspecified atom stereocenters. The summed E-state index contributed by atoms with van der Waals surface area (Å²) in [5, 5.41) is 1.97. The second kappa shape index (κ2) is 5.79. The van der Waals surface area contributed by atoms with E-state index < -0.39 is 29.4 Å². The third kappa shape index (κ3) is 3.84. The Bertz CT molecular complexity index is 475. The van der Waals surface area contributed by atoms with Crippen molar-refractivity contribution in [2.75, 3.05) is 5.32 Å². The SMILES string of the molecule is CC(C)[C@@H](N)C(=O)Nc1c(Cl)cccc1C(F)(F)F. The lowest BCUT2D eigenvalue weighted by atomic mass is 10.0. The first-order valence-corrected chi connectivity index (χ1v) is 5.94. The van der Waals surface area contributed by atoms with Crippen molar-refractivity contribution in [1.29, 1.82) is 0 Å². The number of hydrogen-bond acceptors (Lipinski definition) is 2. The molecule has 1 aromatic carbocycles. The lowest BCUT2D eigenvalue weighted by molar-refractivity contribution is -0.137. The number of alkyl halides is 3. The molecule has 1 aromatic rings. The molecular weight excluding hydrogens is 281 g/mol. The molecule has 3 N–H and O–H groups in total. The molecule has 0 aromatic heterocycles. The summed E-state index contributed by atoms with van der Waals surface area (Å²) in [6.07, 6.45) is -4.60. The third-order valence-electron chi connectivity index (χ3n) is 2.59. The highest BCUT2D eigenvalue weighted by Crippen LogP contribution is 2.38. The summed E-state index contributed by atoms with van der Waals surface area (Å²) >= 11 is 5.71. The van der Waals surface area contributed by atoms with Crippen LogP contribution in [0.1, 0.15) is 19.4 Å². The molecule has 0 saturated heterocycles. The first-order chi connectivity index (χ1) is 8.64. The molecule has 0 bridgehead atoms. The lowest BCUT2D eigenvalue weighted by Crippen LogP contribution is -2.40. The van der Waals surface area contributed by atoms with E-state index in [1.165, 1.54) is 12.1 Å². The van der Waals surface area contributed by atoms with Gasteiger partial charge in [0.1, 0.15) is 0 Å². The van der Waals surface area contributed by atoms with Gasteiger partial charge >= 0.3 is 6.18 Å². The third-order valence-corrected chi connectivity index (χ3v) is 2.90. The Balaban J connectivity index is 3.11. The number of hydrogen-bond donors (Lipinski definition) is 2. The molecule has 0 radical (unpaired) electrons. The Kier molecular flexibility index (Phi) is 4.81. The Morgan fingerprint density at radius 3 is 2.42 bits per heavy atom. The molecule has 1 rings (SSSR count). The van der Waals surface area contributed by atoms with Crippen molar-refractivity contribution in [3.8, 4) is 0 Å². The zero-order valence-electron chi connectivity index (χ0n) is 10.4. The minimum atomic E-state index is -4.60. The largest absolute Gasteiger partial charge is 0.418 e. The molecule has 0 heterocycles. The van der Waals surface area contributed by atoms with Gasteiger partial charge in [-0.2, -0.15) is 13.2 Å². The van der Waals surface area contributed by atoms with Gasteiger partial charge in [0.2, 0.25) is 5.91 Å². The first kappa shape index (κ1) is 15.8. The average Bonchev–Trinajstić information content (AvgIpc) is 2.28. The van der Waals surface area contributed by atoms with Crippen LogP contribution in [0.15, 0.2) is 18.2 Å². The van der Waals surface area contributed by atoms with Crippen LogP contribution in [-0.2, 0) is 11.0 Å². The van der Waals surface area contributed by atoms with Crippen LogP contribution in [0.2, 0.25) is 5.02 Å². The van der Waals surface area contributed by atoms with Gasteiger partial charge in [0, 0.05) is 0 Å². The van der Waals surface area contributed by atoms with Crippen LogP contribution < -0.4 is 11.1 Å². The number of para-hydroxylation sites is 1. The Morgan fingerprint density at radius 2 is 1.95 bits per heavy atom. The van der Waals surface area contributed by atoms with Crippen molar-refractivity contribution in [3.05, 3.63) is 28.8 Å². The molecule has 0 aliphatic heterocycles. The van der Waals surface area contributed by atoms with Crippen LogP contribution in [0.3, 0.4) is 0 Å². The van der Waals surface area contributed by atoms with E-state index in [0.717, 1.165) is 6.07 Å². The Hall–Kier alpha value is -1.27. The number of rotatable bonds is 3. The van der Waals surface area contributed by atoms with Gasteiger partial charge in [-0.05, 0) is 18.1 Å². The van der Waals surface area contributed by atoms with Gasteiger partial charge in [-0.15, -0.1) is 0 Å². The van der Waals surface area contributed by atoms with E-state index >= 15 is 0 Å².